The average molecular weight is 271 g/mol. The van der Waals surface area contributed by atoms with Crippen LogP contribution in [-0.2, 0) is 0 Å². The smallest absolute Gasteiger partial charge is 0.321 e. The van der Waals surface area contributed by atoms with Crippen LogP contribution < -0.4 is 5.32 Å². The monoisotopic (exact) mass is 270 g/mol. The van der Waals surface area contributed by atoms with Gasteiger partial charge in [0.2, 0.25) is 0 Å². The topological polar surface area (TPSA) is 32.3 Å². The molecule has 1 heterocycles. The summed E-state index contributed by atoms with van der Waals surface area (Å²) >= 11 is 5.59. The van der Waals surface area contributed by atoms with Crippen molar-refractivity contribution in [2.24, 2.45) is 0 Å². The second-order valence-electron chi connectivity index (χ2n) is 4.46. The summed E-state index contributed by atoms with van der Waals surface area (Å²) in [6.07, 6.45) is 4.39. The van der Waals surface area contributed by atoms with Gasteiger partial charge in [-0.1, -0.05) is 24.4 Å². The lowest BCUT2D eigenvalue weighted by Crippen LogP contribution is -2.35. The number of nitrogens with one attached hydrogen (secondary N) is 1. The van der Waals surface area contributed by atoms with Crippen molar-refractivity contribution in [1.29, 1.82) is 0 Å². The Hall–Kier alpha value is -1.29. The predicted octanol–water partition coefficient (Wildman–Crippen LogP) is 3.89. The van der Waals surface area contributed by atoms with Crippen molar-refractivity contribution >= 4 is 23.3 Å². The van der Waals surface area contributed by atoms with Crippen LogP contribution in [0.1, 0.15) is 25.7 Å². The molecule has 1 N–H and O–H groups in total. The highest BCUT2D eigenvalue weighted by molar-refractivity contribution is 6.30. The summed E-state index contributed by atoms with van der Waals surface area (Å²) in [6.45, 7) is 1.53. The molecule has 0 saturated carbocycles. The van der Waals surface area contributed by atoms with E-state index in [9.17, 15) is 9.18 Å². The van der Waals surface area contributed by atoms with Crippen LogP contribution in [0.4, 0.5) is 14.9 Å². The summed E-state index contributed by atoms with van der Waals surface area (Å²) in [4.78, 5) is 13.8. The van der Waals surface area contributed by atoms with Crippen LogP contribution >= 0.6 is 11.6 Å². The molecule has 1 fully saturated rings. The highest BCUT2D eigenvalue weighted by atomic mass is 35.5. The molecule has 0 aromatic heterocycles. The number of halogens is 2. The van der Waals surface area contributed by atoms with Gasteiger partial charge in [-0.05, 0) is 31.0 Å². The minimum atomic E-state index is -0.523. The second kappa shape index (κ2) is 6.05. The number of carbonyl (C=O) groups excluding carboxylic acids is 1. The number of nitrogens with zero attached hydrogens (tertiary/aromatic N) is 1. The zero-order valence-corrected chi connectivity index (χ0v) is 10.8. The van der Waals surface area contributed by atoms with Crippen LogP contribution in [0, 0.1) is 5.82 Å². The van der Waals surface area contributed by atoms with E-state index in [-0.39, 0.29) is 11.1 Å². The van der Waals surface area contributed by atoms with Gasteiger partial charge in [0.1, 0.15) is 5.82 Å². The first kappa shape index (κ1) is 13.1. The van der Waals surface area contributed by atoms with Gasteiger partial charge in [0.15, 0.2) is 0 Å². The molecule has 3 nitrogen and oxygen atoms in total. The Bertz CT molecular complexity index is 431. The molecule has 5 heteroatoms. The number of benzene rings is 1. The Balaban J connectivity index is 1.99. The minimum Gasteiger partial charge on any atom is -0.325 e. The van der Waals surface area contributed by atoms with E-state index in [1.165, 1.54) is 25.0 Å². The van der Waals surface area contributed by atoms with E-state index >= 15 is 0 Å². The number of anilines is 1. The molecule has 0 aliphatic carbocycles. The number of carbonyl (C=O) groups is 1. The number of amides is 2. The molecule has 0 bridgehead atoms. The number of rotatable bonds is 1. The van der Waals surface area contributed by atoms with Gasteiger partial charge in [-0.3, -0.25) is 0 Å². The Morgan fingerprint density at radius 2 is 1.89 bits per heavy atom. The lowest BCUT2D eigenvalue weighted by molar-refractivity contribution is 0.214. The van der Waals surface area contributed by atoms with Gasteiger partial charge in [-0.15, -0.1) is 0 Å². The van der Waals surface area contributed by atoms with Crippen molar-refractivity contribution in [3.05, 3.63) is 29.0 Å². The van der Waals surface area contributed by atoms with Gasteiger partial charge in [0.05, 0.1) is 5.02 Å². The molecule has 0 spiro atoms. The van der Waals surface area contributed by atoms with Crippen molar-refractivity contribution in [1.82, 2.24) is 4.90 Å². The fourth-order valence-electron chi connectivity index (χ4n) is 2.05. The molecular weight excluding hydrogens is 255 g/mol. The van der Waals surface area contributed by atoms with E-state index in [1.54, 1.807) is 11.0 Å². The van der Waals surface area contributed by atoms with E-state index in [0.717, 1.165) is 25.9 Å². The number of hydrogen-bond donors (Lipinski definition) is 1. The van der Waals surface area contributed by atoms with Gasteiger partial charge in [-0.25, -0.2) is 9.18 Å². The Labute approximate surface area is 111 Å². The van der Waals surface area contributed by atoms with Crippen molar-refractivity contribution in [3.8, 4) is 0 Å². The summed E-state index contributed by atoms with van der Waals surface area (Å²) < 4.78 is 13.2. The number of hydrogen-bond acceptors (Lipinski definition) is 1. The van der Waals surface area contributed by atoms with E-state index < -0.39 is 5.82 Å². The third kappa shape index (κ3) is 3.35. The molecule has 1 aromatic carbocycles. The highest BCUT2D eigenvalue weighted by Gasteiger charge is 2.15. The zero-order chi connectivity index (χ0) is 13.0. The van der Waals surface area contributed by atoms with Gasteiger partial charge >= 0.3 is 6.03 Å². The molecule has 1 aliphatic rings. The molecule has 2 rings (SSSR count). The molecule has 98 valence electrons. The molecule has 1 aliphatic heterocycles. The van der Waals surface area contributed by atoms with Crippen molar-refractivity contribution in [3.63, 3.8) is 0 Å². The lowest BCUT2D eigenvalue weighted by Gasteiger charge is -2.20. The zero-order valence-electron chi connectivity index (χ0n) is 10.1. The van der Waals surface area contributed by atoms with E-state index in [1.807, 2.05) is 0 Å². The van der Waals surface area contributed by atoms with Crippen LogP contribution in [0.5, 0.6) is 0 Å². The average Bonchev–Trinajstić information content (AvgIpc) is 2.62. The first-order chi connectivity index (χ1) is 8.66. The maximum absolute atomic E-state index is 13.2. The molecule has 0 radical (unpaired) electrons. The first-order valence-corrected chi connectivity index (χ1v) is 6.55. The lowest BCUT2D eigenvalue weighted by atomic mass is 10.2. The van der Waals surface area contributed by atoms with Crippen LogP contribution in [0.3, 0.4) is 0 Å². The maximum atomic E-state index is 13.2. The molecule has 0 atom stereocenters. The molecular formula is C13H16ClFN2O. The molecule has 18 heavy (non-hydrogen) atoms. The van der Waals surface area contributed by atoms with E-state index in [2.05, 4.69) is 5.32 Å². The number of urea groups is 1. The number of likely N-dealkylation sites (tertiary alicyclic amines) is 1. The van der Waals surface area contributed by atoms with Crippen LogP contribution in [0.2, 0.25) is 5.02 Å². The summed E-state index contributed by atoms with van der Waals surface area (Å²) in [6, 6.07) is 4.10. The van der Waals surface area contributed by atoms with Crippen LogP contribution in [0.15, 0.2) is 18.2 Å². The van der Waals surface area contributed by atoms with Gasteiger partial charge in [0.25, 0.3) is 0 Å². The SMILES string of the molecule is O=C(Nc1ccc(Cl)c(F)c1)N1CCCCCC1. The Morgan fingerprint density at radius 1 is 1.22 bits per heavy atom. The summed E-state index contributed by atoms with van der Waals surface area (Å²) in [5, 5.41) is 2.75. The molecule has 2 amide bonds. The third-order valence-electron chi connectivity index (χ3n) is 3.06. The normalized spacial score (nSPS) is 16.2. The van der Waals surface area contributed by atoms with E-state index in [4.69, 9.17) is 11.6 Å². The summed E-state index contributed by atoms with van der Waals surface area (Å²) in [5.41, 5.74) is 0.436. The van der Waals surface area contributed by atoms with Gasteiger partial charge in [0, 0.05) is 18.8 Å². The van der Waals surface area contributed by atoms with Crippen molar-refractivity contribution in [2.45, 2.75) is 25.7 Å². The van der Waals surface area contributed by atoms with Crippen LogP contribution in [-0.4, -0.2) is 24.0 Å². The van der Waals surface area contributed by atoms with Crippen molar-refractivity contribution in [2.75, 3.05) is 18.4 Å². The van der Waals surface area contributed by atoms with E-state index in [0.29, 0.717) is 5.69 Å². The fraction of sp³-hybridized carbons (Fsp3) is 0.462. The Morgan fingerprint density at radius 3 is 2.50 bits per heavy atom. The fourth-order valence-corrected chi connectivity index (χ4v) is 2.17. The molecule has 1 aromatic rings. The third-order valence-corrected chi connectivity index (χ3v) is 3.37. The van der Waals surface area contributed by atoms with Gasteiger partial charge in [-0.2, -0.15) is 0 Å². The second-order valence-corrected chi connectivity index (χ2v) is 4.87. The predicted molar refractivity (Wildman–Crippen MR) is 70.5 cm³/mol. The highest BCUT2D eigenvalue weighted by Crippen LogP contribution is 2.19. The largest absolute Gasteiger partial charge is 0.325 e. The van der Waals surface area contributed by atoms with Gasteiger partial charge < -0.3 is 10.2 Å². The molecule has 0 unspecified atom stereocenters. The maximum Gasteiger partial charge on any atom is 0.321 e. The quantitative estimate of drug-likeness (QED) is 0.825. The minimum absolute atomic E-state index is 0.0581. The molecule has 1 saturated heterocycles. The van der Waals surface area contributed by atoms with Crippen LogP contribution in [0.25, 0.3) is 0 Å². The summed E-state index contributed by atoms with van der Waals surface area (Å²) in [5.74, 6) is -0.523. The Kier molecular flexibility index (Phi) is 4.42. The van der Waals surface area contributed by atoms with Crippen molar-refractivity contribution < 1.29 is 9.18 Å². The summed E-state index contributed by atoms with van der Waals surface area (Å²) in [7, 11) is 0. The first-order valence-electron chi connectivity index (χ1n) is 6.18. The standard InChI is InChI=1S/C13H16ClFN2O/c14-11-6-5-10(9-12(11)15)16-13(18)17-7-3-1-2-4-8-17/h5-6,9H,1-4,7-8H2,(H,16,18).